The summed E-state index contributed by atoms with van der Waals surface area (Å²) in [7, 11) is 0. The molecule has 3 aromatic carbocycles. The number of ether oxygens (including phenoxy) is 1. The molecule has 0 bridgehead atoms. The number of allylic oxidation sites excluding steroid dienone is 1. The predicted octanol–water partition coefficient (Wildman–Crippen LogP) is 5.96. The molecule has 1 aliphatic carbocycles. The number of amides is 2. The average molecular weight is 476 g/mol. The molecule has 0 saturated carbocycles. The summed E-state index contributed by atoms with van der Waals surface area (Å²) in [4.78, 5) is 26.9. The van der Waals surface area contributed by atoms with Crippen molar-refractivity contribution in [3.63, 3.8) is 0 Å². The van der Waals surface area contributed by atoms with Gasteiger partial charge in [-0.2, -0.15) is 0 Å². The summed E-state index contributed by atoms with van der Waals surface area (Å²) in [6.07, 6.45) is 7.09. The fraction of sp³-hybridized carbons (Fsp3) is 0.188. The Hall–Kier alpha value is -4.02. The third kappa shape index (κ3) is 4.36. The molecule has 2 aliphatic rings. The highest BCUT2D eigenvalue weighted by Gasteiger charge is 2.38. The molecule has 4 nitrogen and oxygen atoms in total. The highest BCUT2D eigenvalue weighted by molar-refractivity contribution is 6.21. The summed E-state index contributed by atoms with van der Waals surface area (Å²) in [5, 5.41) is 0. The topological polar surface area (TPSA) is 46.6 Å². The first kappa shape index (κ1) is 23.7. The minimum absolute atomic E-state index is 0.170. The van der Waals surface area contributed by atoms with Crippen LogP contribution in [0.1, 0.15) is 36.5 Å². The van der Waals surface area contributed by atoms with Crippen molar-refractivity contribution < 1.29 is 14.3 Å². The standard InChI is InChI=1S/C32H29NO3/c1-24(21-22-33-30(34)28-19-11-12-20-29(28)31(33)35)23-36-32(25-13-5-2-6-14-25,26-15-7-3-8-16-26)27-17-9-4-10-18-27/h2-11,13-19,21H,12,20,22-23H2,1H3/b24-21+. The molecule has 0 unspecified atom stereocenters. The first-order chi connectivity index (χ1) is 17.6. The molecule has 0 radical (unpaired) electrons. The molecule has 180 valence electrons. The van der Waals surface area contributed by atoms with Crippen LogP contribution in [0.5, 0.6) is 0 Å². The number of imide groups is 1. The Balaban J connectivity index is 1.43. The summed E-state index contributed by atoms with van der Waals surface area (Å²) >= 11 is 0. The van der Waals surface area contributed by atoms with Crippen molar-refractivity contribution in [1.29, 1.82) is 0 Å². The van der Waals surface area contributed by atoms with Crippen molar-refractivity contribution >= 4 is 11.8 Å². The van der Waals surface area contributed by atoms with E-state index in [1.165, 1.54) is 4.90 Å². The molecule has 5 rings (SSSR count). The van der Waals surface area contributed by atoms with E-state index in [0.29, 0.717) is 24.2 Å². The molecule has 4 heteroatoms. The summed E-state index contributed by atoms with van der Waals surface area (Å²) < 4.78 is 6.83. The van der Waals surface area contributed by atoms with E-state index in [-0.39, 0.29) is 18.4 Å². The molecule has 0 N–H and O–H groups in total. The Bertz CT molecular complexity index is 1240. The third-order valence-electron chi connectivity index (χ3n) is 6.83. The van der Waals surface area contributed by atoms with Crippen LogP contribution in [0.25, 0.3) is 0 Å². The second-order valence-corrected chi connectivity index (χ2v) is 9.17. The Morgan fingerprint density at radius 2 is 1.36 bits per heavy atom. The SMILES string of the molecule is C/C(=C\CN1C(=O)C2=C(CCC=C2)C1=O)COC(c1ccccc1)(c1ccccc1)c1ccccc1. The monoisotopic (exact) mass is 475 g/mol. The molecule has 0 fully saturated rings. The van der Waals surface area contributed by atoms with Crippen molar-refractivity contribution in [3.8, 4) is 0 Å². The van der Waals surface area contributed by atoms with Crippen molar-refractivity contribution in [2.75, 3.05) is 13.2 Å². The molecule has 0 spiro atoms. The van der Waals surface area contributed by atoms with Gasteiger partial charge in [0.2, 0.25) is 0 Å². The maximum Gasteiger partial charge on any atom is 0.261 e. The van der Waals surface area contributed by atoms with E-state index >= 15 is 0 Å². The van der Waals surface area contributed by atoms with Gasteiger partial charge >= 0.3 is 0 Å². The van der Waals surface area contributed by atoms with Crippen LogP contribution in [0.3, 0.4) is 0 Å². The molecule has 0 aromatic heterocycles. The van der Waals surface area contributed by atoms with Crippen molar-refractivity contribution in [2.24, 2.45) is 0 Å². The van der Waals surface area contributed by atoms with Crippen LogP contribution in [-0.4, -0.2) is 29.9 Å². The van der Waals surface area contributed by atoms with Crippen LogP contribution in [0.4, 0.5) is 0 Å². The Kier molecular flexibility index (Phi) is 6.79. The van der Waals surface area contributed by atoms with E-state index in [2.05, 4.69) is 36.4 Å². The lowest BCUT2D eigenvalue weighted by Crippen LogP contribution is -2.34. The second kappa shape index (κ2) is 10.3. The van der Waals surface area contributed by atoms with Crippen LogP contribution in [-0.2, 0) is 19.9 Å². The maximum atomic E-state index is 12.8. The summed E-state index contributed by atoms with van der Waals surface area (Å²) in [5.74, 6) is -0.375. The molecule has 2 amide bonds. The van der Waals surface area contributed by atoms with Crippen molar-refractivity contribution in [2.45, 2.75) is 25.4 Å². The van der Waals surface area contributed by atoms with Gasteiger partial charge in [-0.05, 0) is 42.0 Å². The van der Waals surface area contributed by atoms with E-state index in [1.807, 2.05) is 73.7 Å². The van der Waals surface area contributed by atoms with Gasteiger partial charge in [-0.25, -0.2) is 0 Å². The minimum Gasteiger partial charge on any atom is -0.357 e. The highest BCUT2D eigenvalue weighted by atomic mass is 16.5. The molecule has 3 aromatic rings. The Morgan fingerprint density at radius 3 is 1.86 bits per heavy atom. The first-order valence-electron chi connectivity index (χ1n) is 12.3. The van der Waals surface area contributed by atoms with Crippen LogP contribution < -0.4 is 0 Å². The molecule has 36 heavy (non-hydrogen) atoms. The molecular weight excluding hydrogens is 446 g/mol. The molecule has 0 saturated heterocycles. The van der Waals surface area contributed by atoms with Gasteiger partial charge in [0.05, 0.1) is 6.61 Å². The van der Waals surface area contributed by atoms with Gasteiger partial charge in [0.15, 0.2) is 0 Å². The highest BCUT2D eigenvalue weighted by Crippen LogP contribution is 2.40. The van der Waals surface area contributed by atoms with E-state index < -0.39 is 5.60 Å². The molecular formula is C32H29NO3. The quantitative estimate of drug-likeness (QED) is 0.230. The smallest absolute Gasteiger partial charge is 0.261 e. The Labute approximate surface area is 212 Å². The fourth-order valence-electron chi connectivity index (χ4n) is 4.95. The zero-order valence-electron chi connectivity index (χ0n) is 20.4. The first-order valence-corrected chi connectivity index (χ1v) is 12.3. The van der Waals surface area contributed by atoms with Crippen LogP contribution in [0.2, 0.25) is 0 Å². The number of rotatable bonds is 8. The van der Waals surface area contributed by atoms with E-state index in [1.54, 1.807) is 6.08 Å². The minimum atomic E-state index is -0.816. The number of hydrogen-bond acceptors (Lipinski definition) is 3. The fourth-order valence-corrected chi connectivity index (χ4v) is 4.95. The zero-order valence-corrected chi connectivity index (χ0v) is 20.4. The van der Waals surface area contributed by atoms with Gasteiger partial charge < -0.3 is 4.74 Å². The van der Waals surface area contributed by atoms with E-state index in [4.69, 9.17) is 4.74 Å². The third-order valence-corrected chi connectivity index (χ3v) is 6.83. The van der Waals surface area contributed by atoms with Gasteiger partial charge in [-0.15, -0.1) is 0 Å². The predicted molar refractivity (Wildman–Crippen MR) is 141 cm³/mol. The molecule has 1 heterocycles. The number of hydrogen-bond donors (Lipinski definition) is 0. The van der Waals surface area contributed by atoms with Gasteiger partial charge in [0.25, 0.3) is 11.8 Å². The zero-order chi connectivity index (χ0) is 25.0. The number of nitrogens with zero attached hydrogens (tertiary/aromatic N) is 1. The summed E-state index contributed by atoms with van der Waals surface area (Å²) in [6, 6.07) is 30.7. The van der Waals surface area contributed by atoms with Crippen LogP contribution >= 0.6 is 0 Å². The number of carbonyl (C=O) groups is 2. The number of carbonyl (C=O) groups excluding carboxylic acids is 2. The van der Waals surface area contributed by atoms with Gasteiger partial charge in [-0.1, -0.05) is 109 Å². The van der Waals surface area contributed by atoms with E-state index in [9.17, 15) is 9.59 Å². The normalized spacial score (nSPS) is 16.0. The lowest BCUT2D eigenvalue weighted by molar-refractivity contribution is -0.136. The molecule has 1 aliphatic heterocycles. The van der Waals surface area contributed by atoms with Crippen molar-refractivity contribution in [1.82, 2.24) is 4.90 Å². The lowest BCUT2D eigenvalue weighted by atomic mass is 9.80. The molecule has 0 atom stereocenters. The van der Waals surface area contributed by atoms with E-state index in [0.717, 1.165) is 28.7 Å². The van der Waals surface area contributed by atoms with Gasteiger partial charge in [0.1, 0.15) is 5.60 Å². The maximum absolute atomic E-state index is 12.8. The second-order valence-electron chi connectivity index (χ2n) is 9.17. The average Bonchev–Trinajstić information content (AvgIpc) is 3.19. The summed E-state index contributed by atoms with van der Waals surface area (Å²) in [5.41, 5.74) is 4.41. The van der Waals surface area contributed by atoms with Crippen LogP contribution in [0, 0.1) is 0 Å². The van der Waals surface area contributed by atoms with Gasteiger partial charge in [0, 0.05) is 17.7 Å². The van der Waals surface area contributed by atoms with Crippen LogP contribution in [0.15, 0.2) is 126 Å². The van der Waals surface area contributed by atoms with Crippen molar-refractivity contribution in [3.05, 3.63) is 143 Å². The number of benzene rings is 3. The lowest BCUT2D eigenvalue weighted by Gasteiger charge is -2.36. The Morgan fingerprint density at radius 1 is 0.833 bits per heavy atom. The summed E-state index contributed by atoms with van der Waals surface area (Å²) in [6.45, 7) is 2.55. The van der Waals surface area contributed by atoms with Gasteiger partial charge in [-0.3, -0.25) is 14.5 Å². The largest absolute Gasteiger partial charge is 0.357 e.